The van der Waals surface area contributed by atoms with Gasteiger partial charge < -0.3 is 15.0 Å². The predicted octanol–water partition coefficient (Wildman–Crippen LogP) is 1.42. The quantitative estimate of drug-likeness (QED) is 0.744. The Morgan fingerprint density at radius 1 is 1.64 bits per heavy atom. The molecule has 4 heteroatoms. The van der Waals surface area contributed by atoms with Crippen LogP contribution in [0.25, 0.3) is 0 Å². The zero-order chi connectivity index (χ0) is 10.7. The van der Waals surface area contributed by atoms with Crippen LogP contribution in [-0.4, -0.2) is 17.1 Å². The Balaban J connectivity index is 2.65. The van der Waals surface area contributed by atoms with Crippen molar-refractivity contribution in [2.24, 2.45) is 13.0 Å². The van der Waals surface area contributed by atoms with Crippen molar-refractivity contribution >= 4 is 11.7 Å². The standard InChI is InChI=1S/C10H16N2O2/c1-7(2)6-14-10(13)9-4-8(11)5-12(9)3/h4-5,7H,6,11H2,1-3H3. The molecule has 14 heavy (non-hydrogen) atoms. The molecule has 0 aromatic carbocycles. The lowest BCUT2D eigenvalue weighted by molar-refractivity contribution is 0.0448. The fourth-order valence-corrected chi connectivity index (χ4v) is 1.11. The van der Waals surface area contributed by atoms with E-state index in [0.29, 0.717) is 23.9 Å². The minimum absolute atomic E-state index is 0.321. The zero-order valence-electron chi connectivity index (χ0n) is 8.78. The summed E-state index contributed by atoms with van der Waals surface area (Å²) in [5, 5.41) is 0. The summed E-state index contributed by atoms with van der Waals surface area (Å²) in [6, 6.07) is 1.61. The largest absolute Gasteiger partial charge is 0.461 e. The van der Waals surface area contributed by atoms with Crippen LogP contribution >= 0.6 is 0 Å². The van der Waals surface area contributed by atoms with Crippen LogP contribution < -0.4 is 5.73 Å². The molecule has 2 N–H and O–H groups in total. The molecule has 0 unspecified atom stereocenters. The van der Waals surface area contributed by atoms with Crippen molar-refractivity contribution in [1.82, 2.24) is 4.57 Å². The van der Waals surface area contributed by atoms with Gasteiger partial charge in [-0.15, -0.1) is 0 Å². The summed E-state index contributed by atoms with van der Waals surface area (Å²) in [7, 11) is 1.77. The lowest BCUT2D eigenvalue weighted by Crippen LogP contribution is -2.13. The number of hydrogen-bond acceptors (Lipinski definition) is 3. The maximum absolute atomic E-state index is 11.5. The fraction of sp³-hybridized carbons (Fsp3) is 0.500. The average Bonchev–Trinajstić information content (AvgIpc) is 2.41. The van der Waals surface area contributed by atoms with Gasteiger partial charge in [-0.2, -0.15) is 0 Å². The van der Waals surface area contributed by atoms with Gasteiger partial charge in [0.05, 0.1) is 12.3 Å². The molecule has 4 nitrogen and oxygen atoms in total. The third-order valence-electron chi connectivity index (χ3n) is 1.78. The minimum Gasteiger partial charge on any atom is -0.461 e. The SMILES string of the molecule is CC(C)COC(=O)c1cc(N)cn1C. The maximum atomic E-state index is 11.5. The first-order valence-corrected chi connectivity index (χ1v) is 4.59. The second kappa shape index (κ2) is 4.17. The summed E-state index contributed by atoms with van der Waals surface area (Å²) in [6.07, 6.45) is 1.69. The van der Waals surface area contributed by atoms with Crippen LogP contribution in [0, 0.1) is 5.92 Å². The normalized spacial score (nSPS) is 10.6. The van der Waals surface area contributed by atoms with Gasteiger partial charge in [-0.25, -0.2) is 4.79 Å². The van der Waals surface area contributed by atoms with Crippen LogP contribution in [-0.2, 0) is 11.8 Å². The first-order valence-electron chi connectivity index (χ1n) is 4.59. The summed E-state index contributed by atoms with van der Waals surface area (Å²) in [5.41, 5.74) is 6.61. The Bertz CT molecular complexity index is 329. The smallest absolute Gasteiger partial charge is 0.355 e. The third-order valence-corrected chi connectivity index (χ3v) is 1.78. The second-order valence-electron chi connectivity index (χ2n) is 3.76. The Labute approximate surface area is 83.7 Å². The van der Waals surface area contributed by atoms with E-state index >= 15 is 0 Å². The van der Waals surface area contributed by atoms with Crippen molar-refractivity contribution in [3.63, 3.8) is 0 Å². The molecule has 0 saturated carbocycles. The van der Waals surface area contributed by atoms with E-state index in [2.05, 4.69) is 0 Å². The van der Waals surface area contributed by atoms with E-state index in [4.69, 9.17) is 10.5 Å². The van der Waals surface area contributed by atoms with E-state index in [9.17, 15) is 4.79 Å². The van der Waals surface area contributed by atoms with Crippen molar-refractivity contribution in [3.05, 3.63) is 18.0 Å². The van der Waals surface area contributed by atoms with Gasteiger partial charge in [-0.3, -0.25) is 0 Å². The number of nitrogens with zero attached hydrogens (tertiary/aromatic N) is 1. The number of anilines is 1. The number of carbonyl (C=O) groups is 1. The highest BCUT2D eigenvalue weighted by Crippen LogP contribution is 2.10. The third kappa shape index (κ3) is 2.52. The molecule has 0 aliphatic heterocycles. The summed E-state index contributed by atoms with van der Waals surface area (Å²) < 4.78 is 6.73. The van der Waals surface area contributed by atoms with Crippen LogP contribution in [0.15, 0.2) is 12.3 Å². The minimum atomic E-state index is -0.321. The molecule has 0 saturated heterocycles. The van der Waals surface area contributed by atoms with E-state index in [1.807, 2.05) is 13.8 Å². The molecular formula is C10H16N2O2. The van der Waals surface area contributed by atoms with Gasteiger partial charge in [0.25, 0.3) is 0 Å². The van der Waals surface area contributed by atoms with Crippen LogP contribution in [0.1, 0.15) is 24.3 Å². The van der Waals surface area contributed by atoms with Crippen molar-refractivity contribution in [3.8, 4) is 0 Å². The van der Waals surface area contributed by atoms with Crippen LogP contribution in [0.2, 0.25) is 0 Å². The molecule has 1 aromatic heterocycles. The van der Waals surface area contributed by atoms with E-state index in [-0.39, 0.29) is 5.97 Å². The highest BCUT2D eigenvalue weighted by molar-refractivity contribution is 5.89. The number of aromatic nitrogens is 1. The molecule has 0 fully saturated rings. The van der Waals surface area contributed by atoms with E-state index in [1.165, 1.54) is 0 Å². The Morgan fingerprint density at radius 3 is 2.71 bits per heavy atom. The number of carbonyl (C=O) groups excluding carboxylic acids is 1. The topological polar surface area (TPSA) is 57.2 Å². The van der Waals surface area contributed by atoms with Crippen LogP contribution in [0.4, 0.5) is 5.69 Å². The van der Waals surface area contributed by atoms with Gasteiger partial charge in [0, 0.05) is 13.2 Å². The molecule has 0 spiro atoms. The highest BCUT2D eigenvalue weighted by atomic mass is 16.5. The Morgan fingerprint density at radius 2 is 2.29 bits per heavy atom. The maximum Gasteiger partial charge on any atom is 0.355 e. The molecule has 1 heterocycles. The van der Waals surface area contributed by atoms with E-state index in [0.717, 1.165) is 0 Å². The van der Waals surface area contributed by atoms with Crippen LogP contribution in [0.3, 0.4) is 0 Å². The van der Waals surface area contributed by atoms with Crippen molar-refractivity contribution < 1.29 is 9.53 Å². The summed E-state index contributed by atoms with van der Waals surface area (Å²) >= 11 is 0. The Kier molecular flexibility index (Phi) is 3.17. The van der Waals surface area contributed by atoms with Gasteiger partial charge in [0.1, 0.15) is 5.69 Å². The molecule has 1 rings (SSSR count). The summed E-state index contributed by atoms with van der Waals surface area (Å²) in [6.45, 7) is 4.42. The van der Waals surface area contributed by atoms with Gasteiger partial charge in [0.15, 0.2) is 0 Å². The predicted molar refractivity (Wildman–Crippen MR) is 54.9 cm³/mol. The van der Waals surface area contributed by atoms with Gasteiger partial charge in [-0.05, 0) is 12.0 Å². The van der Waals surface area contributed by atoms with E-state index in [1.54, 1.807) is 23.9 Å². The lowest BCUT2D eigenvalue weighted by atomic mass is 10.2. The lowest BCUT2D eigenvalue weighted by Gasteiger charge is -2.07. The van der Waals surface area contributed by atoms with Gasteiger partial charge in [0.2, 0.25) is 0 Å². The number of rotatable bonds is 3. The average molecular weight is 196 g/mol. The molecule has 0 atom stereocenters. The Hall–Kier alpha value is -1.45. The van der Waals surface area contributed by atoms with Gasteiger partial charge in [-0.1, -0.05) is 13.8 Å². The first kappa shape index (κ1) is 10.6. The summed E-state index contributed by atoms with van der Waals surface area (Å²) in [5.74, 6) is 0.0227. The van der Waals surface area contributed by atoms with Gasteiger partial charge >= 0.3 is 5.97 Å². The molecule has 0 radical (unpaired) electrons. The number of hydrogen-bond donors (Lipinski definition) is 1. The molecule has 78 valence electrons. The number of nitrogen functional groups attached to an aromatic ring is 1. The molecule has 0 amide bonds. The molecular weight excluding hydrogens is 180 g/mol. The van der Waals surface area contributed by atoms with Crippen molar-refractivity contribution in [1.29, 1.82) is 0 Å². The fourth-order valence-electron chi connectivity index (χ4n) is 1.11. The second-order valence-corrected chi connectivity index (χ2v) is 3.76. The molecule has 1 aromatic rings. The van der Waals surface area contributed by atoms with Crippen molar-refractivity contribution in [2.75, 3.05) is 12.3 Å². The number of ether oxygens (including phenoxy) is 1. The molecule has 0 bridgehead atoms. The monoisotopic (exact) mass is 196 g/mol. The van der Waals surface area contributed by atoms with Crippen molar-refractivity contribution in [2.45, 2.75) is 13.8 Å². The summed E-state index contributed by atoms with van der Waals surface area (Å²) in [4.78, 5) is 11.5. The van der Waals surface area contributed by atoms with Crippen LogP contribution in [0.5, 0.6) is 0 Å². The zero-order valence-corrected chi connectivity index (χ0v) is 8.78. The highest BCUT2D eigenvalue weighted by Gasteiger charge is 2.12. The van der Waals surface area contributed by atoms with E-state index < -0.39 is 0 Å². The number of esters is 1. The molecule has 0 aliphatic carbocycles. The number of nitrogens with two attached hydrogens (primary N) is 1. The number of aryl methyl sites for hydroxylation is 1. The first-order chi connectivity index (χ1) is 6.50. The molecule has 0 aliphatic rings.